The van der Waals surface area contributed by atoms with E-state index in [1.807, 2.05) is 6.07 Å². The van der Waals surface area contributed by atoms with E-state index >= 15 is 0 Å². The van der Waals surface area contributed by atoms with Crippen LogP contribution in [0.3, 0.4) is 0 Å². The highest BCUT2D eigenvalue weighted by atomic mass is 35.5. The number of nitro benzene ring substituents is 1. The van der Waals surface area contributed by atoms with Gasteiger partial charge >= 0.3 is 0 Å². The molecule has 0 aliphatic carbocycles. The molecule has 2 aromatic rings. The SMILES string of the molecule is N#Cc1ccc(C(=O)Nc2ccc(Cl)c([N+](=O)[O-])c2)cn1. The first kappa shape index (κ1) is 14.4. The van der Waals surface area contributed by atoms with Crippen LogP contribution in [0, 0.1) is 21.4 Å². The molecule has 21 heavy (non-hydrogen) atoms. The highest BCUT2D eigenvalue weighted by molar-refractivity contribution is 6.32. The van der Waals surface area contributed by atoms with Crippen LogP contribution < -0.4 is 5.32 Å². The van der Waals surface area contributed by atoms with Gasteiger partial charge < -0.3 is 5.32 Å². The maximum absolute atomic E-state index is 11.9. The molecule has 1 aromatic heterocycles. The quantitative estimate of drug-likeness (QED) is 0.692. The van der Waals surface area contributed by atoms with Crippen LogP contribution in [0.2, 0.25) is 5.02 Å². The third kappa shape index (κ3) is 3.32. The van der Waals surface area contributed by atoms with Crippen LogP contribution in [0.4, 0.5) is 11.4 Å². The summed E-state index contributed by atoms with van der Waals surface area (Å²) < 4.78 is 0. The summed E-state index contributed by atoms with van der Waals surface area (Å²) in [7, 11) is 0. The van der Waals surface area contributed by atoms with Gasteiger partial charge in [-0.05, 0) is 24.3 Å². The van der Waals surface area contributed by atoms with Crippen molar-refractivity contribution in [3.8, 4) is 6.07 Å². The first-order chi connectivity index (χ1) is 10.0. The lowest BCUT2D eigenvalue weighted by Gasteiger charge is -2.05. The van der Waals surface area contributed by atoms with Crippen LogP contribution in [-0.2, 0) is 0 Å². The van der Waals surface area contributed by atoms with Crippen molar-refractivity contribution in [1.29, 1.82) is 5.26 Å². The molecule has 1 amide bonds. The van der Waals surface area contributed by atoms with E-state index in [-0.39, 0.29) is 27.7 Å². The van der Waals surface area contributed by atoms with Gasteiger partial charge in [0.2, 0.25) is 0 Å². The van der Waals surface area contributed by atoms with Crippen molar-refractivity contribution in [2.24, 2.45) is 0 Å². The minimum absolute atomic E-state index is 0.0157. The molecule has 2 rings (SSSR count). The molecule has 0 aliphatic heterocycles. The van der Waals surface area contributed by atoms with E-state index in [0.717, 1.165) is 6.07 Å². The maximum atomic E-state index is 11.9. The number of hydrogen-bond donors (Lipinski definition) is 1. The number of aromatic nitrogens is 1. The number of rotatable bonds is 3. The summed E-state index contributed by atoms with van der Waals surface area (Å²) >= 11 is 5.68. The Morgan fingerprint density at radius 3 is 2.71 bits per heavy atom. The lowest BCUT2D eigenvalue weighted by molar-refractivity contribution is -0.384. The van der Waals surface area contributed by atoms with Crippen molar-refractivity contribution in [1.82, 2.24) is 4.98 Å². The van der Waals surface area contributed by atoms with Crippen molar-refractivity contribution in [2.45, 2.75) is 0 Å². The molecule has 0 unspecified atom stereocenters. The minimum Gasteiger partial charge on any atom is -0.322 e. The predicted molar refractivity (Wildman–Crippen MR) is 75.0 cm³/mol. The molecule has 0 saturated carbocycles. The lowest BCUT2D eigenvalue weighted by Crippen LogP contribution is -2.12. The average molecular weight is 303 g/mol. The number of benzene rings is 1. The highest BCUT2D eigenvalue weighted by Gasteiger charge is 2.14. The van der Waals surface area contributed by atoms with E-state index in [1.54, 1.807) is 0 Å². The molecular formula is C13H7ClN4O3. The normalized spacial score (nSPS) is 9.71. The summed E-state index contributed by atoms with van der Waals surface area (Å²) in [5, 5.41) is 21.9. The molecule has 0 saturated heterocycles. The monoisotopic (exact) mass is 302 g/mol. The molecule has 0 aliphatic rings. The second kappa shape index (κ2) is 5.98. The van der Waals surface area contributed by atoms with Gasteiger partial charge in [0, 0.05) is 18.0 Å². The summed E-state index contributed by atoms with van der Waals surface area (Å²) in [6.07, 6.45) is 1.25. The van der Waals surface area contributed by atoms with E-state index < -0.39 is 10.8 Å². The van der Waals surface area contributed by atoms with Crippen molar-refractivity contribution in [3.05, 3.63) is 62.9 Å². The van der Waals surface area contributed by atoms with Crippen molar-refractivity contribution >= 4 is 28.9 Å². The van der Waals surface area contributed by atoms with E-state index in [9.17, 15) is 14.9 Å². The molecule has 1 N–H and O–H groups in total. The number of nitriles is 1. The third-order valence-corrected chi connectivity index (χ3v) is 2.86. The minimum atomic E-state index is -0.638. The predicted octanol–water partition coefficient (Wildman–Crippen LogP) is 2.77. The van der Waals surface area contributed by atoms with Crippen LogP contribution in [-0.4, -0.2) is 15.8 Å². The largest absolute Gasteiger partial charge is 0.322 e. The van der Waals surface area contributed by atoms with Crippen LogP contribution in [0.15, 0.2) is 36.5 Å². The van der Waals surface area contributed by atoms with Gasteiger partial charge in [0.25, 0.3) is 11.6 Å². The Morgan fingerprint density at radius 1 is 1.38 bits per heavy atom. The van der Waals surface area contributed by atoms with E-state index in [4.69, 9.17) is 16.9 Å². The highest BCUT2D eigenvalue weighted by Crippen LogP contribution is 2.27. The van der Waals surface area contributed by atoms with Gasteiger partial charge in [-0.1, -0.05) is 11.6 Å². The Balaban J connectivity index is 2.21. The van der Waals surface area contributed by atoms with Crippen molar-refractivity contribution in [2.75, 3.05) is 5.32 Å². The van der Waals surface area contributed by atoms with Gasteiger partial charge in [0.1, 0.15) is 16.8 Å². The molecule has 0 atom stereocenters. The Hall–Kier alpha value is -2.98. The Labute approximate surface area is 123 Å². The number of halogens is 1. The summed E-state index contributed by atoms with van der Waals surface area (Å²) in [6, 6.07) is 8.61. The average Bonchev–Trinajstić information content (AvgIpc) is 2.49. The number of carbonyl (C=O) groups is 1. The topological polar surface area (TPSA) is 109 Å². The van der Waals surface area contributed by atoms with Crippen molar-refractivity contribution < 1.29 is 9.72 Å². The van der Waals surface area contributed by atoms with Crippen LogP contribution in [0.1, 0.15) is 16.1 Å². The molecule has 0 radical (unpaired) electrons. The number of nitrogens with one attached hydrogen (secondary N) is 1. The first-order valence-corrected chi connectivity index (χ1v) is 6.00. The van der Waals surface area contributed by atoms with Crippen LogP contribution in [0.5, 0.6) is 0 Å². The summed E-state index contributed by atoms with van der Waals surface area (Å²) in [5.74, 6) is -0.497. The summed E-state index contributed by atoms with van der Waals surface area (Å²) in [4.78, 5) is 25.8. The number of anilines is 1. The van der Waals surface area contributed by atoms with E-state index in [0.29, 0.717) is 0 Å². The summed E-state index contributed by atoms with van der Waals surface area (Å²) in [6.45, 7) is 0. The number of nitro groups is 1. The molecule has 7 nitrogen and oxygen atoms in total. The van der Waals surface area contributed by atoms with Gasteiger partial charge in [-0.25, -0.2) is 4.98 Å². The van der Waals surface area contributed by atoms with Crippen molar-refractivity contribution in [3.63, 3.8) is 0 Å². The zero-order chi connectivity index (χ0) is 15.4. The van der Waals surface area contributed by atoms with Crippen LogP contribution >= 0.6 is 11.6 Å². The molecule has 0 bridgehead atoms. The van der Waals surface area contributed by atoms with E-state index in [1.165, 1.54) is 30.5 Å². The number of carbonyl (C=O) groups excluding carboxylic acids is 1. The van der Waals surface area contributed by atoms with Gasteiger partial charge in [0.15, 0.2) is 0 Å². The lowest BCUT2D eigenvalue weighted by atomic mass is 10.2. The second-order valence-electron chi connectivity index (χ2n) is 3.92. The zero-order valence-corrected chi connectivity index (χ0v) is 11.2. The number of nitrogens with zero attached hydrogens (tertiary/aromatic N) is 3. The fraction of sp³-hybridized carbons (Fsp3) is 0. The summed E-state index contributed by atoms with van der Waals surface area (Å²) in [5.41, 5.74) is 0.355. The number of pyridine rings is 1. The molecule has 1 heterocycles. The van der Waals surface area contributed by atoms with Gasteiger partial charge in [0.05, 0.1) is 10.5 Å². The number of hydrogen-bond acceptors (Lipinski definition) is 5. The Morgan fingerprint density at radius 2 is 2.14 bits per heavy atom. The first-order valence-electron chi connectivity index (χ1n) is 5.62. The maximum Gasteiger partial charge on any atom is 0.289 e. The molecule has 1 aromatic carbocycles. The van der Waals surface area contributed by atoms with Crippen LogP contribution in [0.25, 0.3) is 0 Å². The zero-order valence-electron chi connectivity index (χ0n) is 10.4. The number of amides is 1. The van der Waals surface area contributed by atoms with E-state index in [2.05, 4.69) is 10.3 Å². The molecule has 8 heteroatoms. The molecule has 0 fully saturated rings. The standard InChI is InChI=1S/C13H7ClN4O3/c14-11-4-3-9(5-12(11)18(20)21)17-13(19)8-1-2-10(6-15)16-7-8/h1-5,7H,(H,17,19). The smallest absolute Gasteiger partial charge is 0.289 e. The molecule has 104 valence electrons. The van der Waals surface area contributed by atoms with Gasteiger partial charge in [-0.3, -0.25) is 14.9 Å². The Kier molecular flexibility index (Phi) is 4.11. The Bertz CT molecular complexity index is 753. The molecular weight excluding hydrogens is 296 g/mol. The fourth-order valence-corrected chi connectivity index (χ4v) is 1.71. The second-order valence-corrected chi connectivity index (χ2v) is 4.33. The molecule has 0 spiro atoms. The van der Waals surface area contributed by atoms with Gasteiger partial charge in [-0.15, -0.1) is 0 Å². The van der Waals surface area contributed by atoms with Gasteiger partial charge in [-0.2, -0.15) is 5.26 Å². The fourth-order valence-electron chi connectivity index (χ4n) is 1.53. The third-order valence-electron chi connectivity index (χ3n) is 2.54.